The highest BCUT2D eigenvalue weighted by Gasteiger charge is 2.37. The molecule has 0 aromatic rings. The fraction of sp³-hybridized carbons (Fsp3) is 1.00. The molecule has 2 heteroatoms. The van der Waals surface area contributed by atoms with E-state index in [0.29, 0.717) is 6.04 Å². The third-order valence-corrected chi connectivity index (χ3v) is 5.14. The van der Waals surface area contributed by atoms with Crippen LogP contribution in [0.3, 0.4) is 0 Å². The van der Waals surface area contributed by atoms with Gasteiger partial charge in [0.1, 0.15) is 0 Å². The van der Waals surface area contributed by atoms with E-state index in [2.05, 4.69) is 18.7 Å². The maximum Gasteiger partial charge on any atom is 0.0252 e. The van der Waals surface area contributed by atoms with Crippen molar-refractivity contribution in [3.8, 4) is 0 Å². The van der Waals surface area contributed by atoms with E-state index in [1.807, 2.05) is 0 Å². The summed E-state index contributed by atoms with van der Waals surface area (Å²) in [6.45, 7) is 5.61. The van der Waals surface area contributed by atoms with E-state index in [1.165, 1.54) is 51.4 Å². The van der Waals surface area contributed by atoms with Crippen molar-refractivity contribution in [3.05, 3.63) is 0 Å². The Morgan fingerprint density at radius 3 is 2.41 bits per heavy atom. The average molecular weight is 238 g/mol. The minimum atomic E-state index is 0.665. The molecule has 0 aromatic carbocycles. The number of rotatable bonds is 4. The fourth-order valence-corrected chi connectivity index (χ4v) is 4.18. The van der Waals surface area contributed by atoms with Gasteiger partial charge < -0.3 is 5.73 Å². The van der Waals surface area contributed by atoms with E-state index in [4.69, 9.17) is 5.73 Å². The maximum atomic E-state index is 6.12. The van der Waals surface area contributed by atoms with Gasteiger partial charge in [-0.05, 0) is 44.9 Å². The lowest BCUT2D eigenvalue weighted by Gasteiger charge is -2.41. The molecule has 0 radical (unpaired) electrons. The Labute approximate surface area is 107 Å². The molecule has 2 nitrogen and oxygen atoms in total. The summed E-state index contributed by atoms with van der Waals surface area (Å²) in [5.41, 5.74) is 6.12. The fourth-order valence-electron chi connectivity index (χ4n) is 4.18. The van der Waals surface area contributed by atoms with Gasteiger partial charge in [0.2, 0.25) is 0 Å². The van der Waals surface area contributed by atoms with Crippen LogP contribution in [0.5, 0.6) is 0 Å². The van der Waals surface area contributed by atoms with Gasteiger partial charge in [0.05, 0.1) is 0 Å². The molecule has 0 aromatic heterocycles. The first-order valence-corrected chi connectivity index (χ1v) is 7.75. The first-order chi connectivity index (χ1) is 8.27. The summed E-state index contributed by atoms with van der Waals surface area (Å²) in [5.74, 6) is 0.878. The third kappa shape index (κ3) is 2.85. The lowest BCUT2D eigenvalue weighted by Crippen LogP contribution is -2.51. The highest BCUT2D eigenvalue weighted by Crippen LogP contribution is 2.35. The standard InChI is InChI=1S/C15H30N2/c1-3-14-10-9-12(2)17(14)15(11-16)13-7-5-4-6-8-13/h12-15H,3-11,16H2,1-2H3. The molecule has 2 aliphatic rings. The van der Waals surface area contributed by atoms with Gasteiger partial charge in [-0.2, -0.15) is 0 Å². The van der Waals surface area contributed by atoms with E-state index < -0.39 is 0 Å². The Kier molecular flexibility index (Phi) is 4.87. The normalized spacial score (nSPS) is 34.1. The third-order valence-electron chi connectivity index (χ3n) is 5.14. The summed E-state index contributed by atoms with van der Waals surface area (Å²) in [4.78, 5) is 2.79. The summed E-state index contributed by atoms with van der Waals surface area (Å²) in [6, 6.07) is 2.23. The van der Waals surface area contributed by atoms with Gasteiger partial charge in [-0.1, -0.05) is 26.2 Å². The molecule has 2 rings (SSSR count). The lowest BCUT2D eigenvalue weighted by atomic mass is 9.82. The second-order valence-corrected chi connectivity index (χ2v) is 6.14. The Morgan fingerprint density at radius 1 is 1.12 bits per heavy atom. The zero-order chi connectivity index (χ0) is 12.3. The average Bonchev–Trinajstić information content (AvgIpc) is 2.74. The number of hydrogen-bond donors (Lipinski definition) is 1. The summed E-state index contributed by atoms with van der Waals surface area (Å²) in [5, 5.41) is 0. The van der Waals surface area contributed by atoms with E-state index in [-0.39, 0.29) is 0 Å². The molecule has 17 heavy (non-hydrogen) atoms. The monoisotopic (exact) mass is 238 g/mol. The number of hydrogen-bond acceptors (Lipinski definition) is 2. The van der Waals surface area contributed by atoms with E-state index >= 15 is 0 Å². The van der Waals surface area contributed by atoms with Crippen molar-refractivity contribution in [1.29, 1.82) is 0 Å². The molecule has 2 fully saturated rings. The second kappa shape index (κ2) is 6.19. The van der Waals surface area contributed by atoms with Crippen molar-refractivity contribution in [2.45, 2.75) is 83.3 Å². The minimum Gasteiger partial charge on any atom is -0.329 e. The molecule has 1 aliphatic heterocycles. The van der Waals surface area contributed by atoms with Crippen molar-refractivity contribution in [3.63, 3.8) is 0 Å². The van der Waals surface area contributed by atoms with Crippen molar-refractivity contribution in [1.82, 2.24) is 4.90 Å². The van der Waals surface area contributed by atoms with E-state index in [9.17, 15) is 0 Å². The molecule has 1 aliphatic carbocycles. The highest BCUT2D eigenvalue weighted by atomic mass is 15.2. The Morgan fingerprint density at radius 2 is 1.82 bits per heavy atom. The Hall–Kier alpha value is -0.0800. The van der Waals surface area contributed by atoms with Crippen LogP contribution in [-0.2, 0) is 0 Å². The van der Waals surface area contributed by atoms with E-state index in [1.54, 1.807) is 0 Å². The summed E-state index contributed by atoms with van der Waals surface area (Å²) >= 11 is 0. The van der Waals surface area contributed by atoms with Crippen LogP contribution in [0.1, 0.15) is 65.2 Å². The predicted molar refractivity (Wildman–Crippen MR) is 74.0 cm³/mol. The largest absolute Gasteiger partial charge is 0.329 e. The van der Waals surface area contributed by atoms with Crippen molar-refractivity contribution >= 4 is 0 Å². The molecule has 0 amide bonds. The Balaban J connectivity index is 2.04. The first kappa shape index (κ1) is 13.4. The molecule has 1 saturated heterocycles. The minimum absolute atomic E-state index is 0.665. The van der Waals surface area contributed by atoms with Crippen LogP contribution in [0.2, 0.25) is 0 Å². The molecule has 1 heterocycles. The molecular formula is C15H30N2. The van der Waals surface area contributed by atoms with Gasteiger partial charge in [0, 0.05) is 24.7 Å². The van der Waals surface area contributed by atoms with Crippen LogP contribution in [0.25, 0.3) is 0 Å². The van der Waals surface area contributed by atoms with Crippen LogP contribution in [0.4, 0.5) is 0 Å². The zero-order valence-corrected chi connectivity index (χ0v) is 11.7. The van der Waals surface area contributed by atoms with Gasteiger partial charge in [-0.25, -0.2) is 0 Å². The van der Waals surface area contributed by atoms with Gasteiger partial charge in [0.15, 0.2) is 0 Å². The van der Waals surface area contributed by atoms with Gasteiger partial charge in [-0.3, -0.25) is 4.90 Å². The molecule has 3 unspecified atom stereocenters. The molecule has 0 bridgehead atoms. The number of nitrogens with two attached hydrogens (primary N) is 1. The van der Waals surface area contributed by atoms with Gasteiger partial charge >= 0.3 is 0 Å². The maximum absolute atomic E-state index is 6.12. The highest BCUT2D eigenvalue weighted by molar-refractivity contribution is 4.93. The van der Waals surface area contributed by atoms with E-state index in [0.717, 1.165) is 24.5 Å². The van der Waals surface area contributed by atoms with Crippen LogP contribution in [-0.4, -0.2) is 29.6 Å². The summed E-state index contributed by atoms with van der Waals surface area (Å²) < 4.78 is 0. The molecule has 0 spiro atoms. The summed E-state index contributed by atoms with van der Waals surface area (Å²) in [6.07, 6.45) is 11.2. The smallest absolute Gasteiger partial charge is 0.0252 e. The van der Waals surface area contributed by atoms with Crippen molar-refractivity contribution in [2.75, 3.05) is 6.54 Å². The van der Waals surface area contributed by atoms with Crippen LogP contribution >= 0.6 is 0 Å². The first-order valence-electron chi connectivity index (χ1n) is 7.75. The molecule has 1 saturated carbocycles. The lowest BCUT2D eigenvalue weighted by molar-refractivity contribution is 0.0780. The number of likely N-dealkylation sites (tertiary alicyclic amines) is 1. The molecular weight excluding hydrogens is 208 g/mol. The topological polar surface area (TPSA) is 29.3 Å². The predicted octanol–water partition coefficient (Wildman–Crippen LogP) is 3.16. The summed E-state index contributed by atoms with van der Waals surface area (Å²) in [7, 11) is 0. The van der Waals surface area contributed by atoms with Crippen LogP contribution < -0.4 is 5.73 Å². The quantitative estimate of drug-likeness (QED) is 0.815. The molecule has 2 N–H and O–H groups in total. The van der Waals surface area contributed by atoms with Gasteiger partial charge in [0.25, 0.3) is 0 Å². The van der Waals surface area contributed by atoms with Crippen molar-refractivity contribution < 1.29 is 0 Å². The second-order valence-electron chi connectivity index (χ2n) is 6.14. The van der Waals surface area contributed by atoms with Crippen LogP contribution in [0.15, 0.2) is 0 Å². The number of nitrogens with zero attached hydrogens (tertiary/aromatic N) is 1. The van der Waals surface area contributed by atoms with Gasteiger partial charge in [-0.15, -0.1) is 0 Å². The SMILES string of the molecule is CCC1CCC(C)N1C(CN)C1CCCCC1. The molecule has 100 valence electrons. The Bertz CT molecular complexity index is 223. The zero-order valence-electron chi connectivity index (χ0n) is 11.7. The van der Waals surface area contributed by atoms with Crippen molar-refractivity contribution in [2.24, 2.45) is 11.7 Å². The molecule has 3 atom stereocenters. The van der Waals surface area contributed by atoms with Crippen LogP contribution in [0, 0.1) is 5.92 Å².